The fourth-order valence-electron chi connectivity index (χ4n) is 5.88. The van der Waals surface area contributed by atoms with Crippen LogP contribution in [0.25, 0.3) is 0 Å². The molecule has 4 nitrogen and oxygen atoms in total. The average Bonchev–Trinajstić information content (AvgIpc) is 3.03. The van der Waals surface area contributed by atoms with Gasteiger partial charge in [-0.2, -0.15) is 8.42 Å². The first kappa shape index (κ1) is 25.9. The standard InChI is InChI=1S/C26H44O4SSi/c1-19-11-13-21(14-12-19)31(27,28)29-18-20(2)22-15-16-23-24(10-9-17-26(22,23)6)30-32(7,8)25(3,4)5/h11-14,20,22-24H,9-10,15-18H2,1-8H3/t20-,22+,23+,24+,26-/m1/s1. The molecule has 5 atom stereocenters. The Morgan fingerprint density at radius 2 is 1.75 bits per heavy atom. The molecule has 0 spiro atoms. The Kier molecular flexibility index (Phi) is 7.42. The first-order valence-corrected chi connectivity index (χ1v) is 16.6. The van der Waals surface area contributed by atoms with Crippen LogP contribution in [0, 0.1) is 30.1 Å². The van der Waals surface area contributed by atoms with Gasteiger partial charge in [0.2, 0.25) is 0 Å². The summed E-state index contributed by atoms with van der Waals surface area (Å²) >= 11 is 0. The number of aryl methyl sites for hydroxylation is 1. The van der Waals surface area contributed by atoms with Crippen molar-refractivity contribution in [3.8, 4) is 0 Å². The Morgan fingerprint density at radius 3 is 2.34 bits per heavy atom. The molecule has 32 heavy (non-hydrogen) atoms. The van der Waals surface area contributed by atoms with Crippen LogP contribution in [0.4, 0.5) is 0 Å². The highest BCUT2D eigenvalue weighted by Gasteiger charge is 2.54. The molecule has 0 aliphatic heterocycles. The maximum absolute atomic E-state index is 12.7. The van der Waals surface area contributed by atoms with E-state index in [9.17, 15) is 8.42 Å². The Labute approximate surface area is 197 Å². The summed E-state index contributed by atoms with van der Waals surface area (Å²) in [7, 11) is -5.54. The fraction of sp³-hybridized carbons (Fsp3) is 0.769. The van der Waals surface area contributed by atoms with Crippen LogP contribution in [0.15, 0.2) is 29.2 Å². The monoisotopic (exact) mass is 480 g/mol. The van der Waals surface area contributed by atoms with E-state index in [0.717, 1.165) is 18.4 Å². The summed E-state index contributed by atoms with van der Waals surface area (Å²) < 4.78 is 37.9. The van der Waals surface area contributed by atoms with E-state index >= 15 is 0 Å². The van der Waals surface area contributed by atoms with Gasteiger partial charge in [0.1, 0.15) is 0 Å². The van der Waals surface area contributed by atoms with Gasteiger partial charge in [0, 0.05) is 6.10 Å². The number of hydrogen-bond acceptors (Lipinski definition) is 4. The van der Waals surface area contributed by atoms with Crippen molar-refractivity contribution >= 4 is 18.4 Å². The molecule has 0 heterocycles. The first-order chi connectivity index (χ1) is 14.7. The van der Waals surface area contributed by atoms with Gasteiger partial charge in [-0.25, -0.2) is 0 Å². The quantitative estimate of drug-likeness (QED) is 0.313. The second kappa shape index (κ2) is 9.16. The predicted octanol–water partition coefficient (Wildman–Crippen LogP) is 6.94. The smallest absolute Gasteiger partial charge is 0.296 e. The SMILES string of the molecule is Cc1ccc(S(=O)(=O)OC[C@@H](C)[C@@H]2CC[C@H]3[C@@H](O[Si](C)(C)C(C)(C)C)CCC[C@]23C)cc1. The van der Waals surface area contributed by atoms with E-state index in [1.807, 2.05) is 19.1 Å². The Balaban J connectivity index is 1.68. The minimum absolute atomic E-state index is 0.192. The van der Waals surface area contributed by atoms with E-state index in [4.69, 9.17) is 8.61 Å². The number of rotatable bonds is 7. The molecular weight excluding hydrogens is 436 g/mol. The minimum Gasteiger partial charge on any atom is -0.414 e. The van der Waals surface area contributed by atoms with E-state index in [1.54, 1.807) is 12.1 Å². The summed E-state index contributed by atoms with van der Waals surface area (Å²) in [5.74, 6) is 1.22. The van der Waals surface area contributed by atoms with Gasteiger partial charge < -0.3 is 4.43 Å². The molecule has 3 rings (SSSR count). The predicted molar refractivity (Wildman–Crippen MR) is 134 cm³/mol. The number of benzene rings is 1. The summed E-state index contributed by atoms with van der Waals surface area (Å²) in [6.45, 7) is 18.4. The van der Waals surface area contributed by atoms with Gasteiger partial charge >= 0.3 is 0 Å². The molecule has 0 amide bonds. The van der Waals surface area contributed by atoms with E-state index in [-0.39, 0.29) is 27.9 Å². The molecule has 2 saturated carbocycles. The Morgan fingerprint density at radius 1 is 1.12 bits per heavy atom. The van der Waals surface area contributed by atoms with Crippen molar-refractivity contribution in [2.24, 2.45) is 23.2 Å². The highest BCUT2D eigenvalue weighted by molar-refractivity contribution is 7.86. The second-order valence-electron chi connectivity index (χ2n) is 12.1. The van der Waals surface area contributed by atoms with Crippen molar-refractivity contribution in [1.29, 1.82) is 0 Å². The molecule has 182 valence electrons. The highest BCUT2D eigenvalue weighted by atomic mass is 32.2. The van der Waals surface area contributed by atoms with E-state index in [1.165, 1.54) is 19.3 Å². The van der Waals surface area contributed by atoms with Gasteiger partial charge in [-0.3, -0.25) is 4.18 Å². The van der Waals surface area contributed by atoms with Crippen molar-refractivity contribution in [2.75, 3.05) is 6.61 Å². The number of fused-ring (bicyclic) bond motifs is 1. The van der Waals surface area contributed by atoms with Gasteiger partial charge in [0.15, 0.2) is 8.32 Å². The molecule has 1 aromatic rings. The van der Waals surface area contributed by atoms with Gasteiger partial charge in [-0.05, 0) is 86.0 Å². The number of hydrogen-bond donors (Lipinski definition) is 0. The normalized spacial score (nSPS) is 30.2. The summed E-state index contributed by atoms with van der Waals surface area (Å²) in [5, 5.41) is 0.213. The van der Waals surface area contributed by atoms with Gasteiger partial charge in [-0.15, -0.1) is 0 Å². The molecule has 0 bridgehead atoms. The van der Waals surface area contributed by atoms with E-state index in [0.29, 0.717) is 17.9 Å². The summed E-state index contributed by atoms with van der Waals surface area (Å²) in [4.78, 5) is 0.242. The third kappa shape index (κ3) is 5.18. The highest BCUT2D eigenvalue weighted by Crippen LogP contribution is 2.59. The van der Waals surface area contributed by atoms with Crippen molar-refractivity contribution < 1.29 is 17.0 Å². The molecule has 1 aromatic carbocycles. The Hall–Kier alpha value is -0.693. The molecular formula is C26H44O4SSi. The second-order valence-corrected chi connectivity index (χ2v) is 18.5. The fourth-order valence-corrected chi connectivity index (χ4v) is 8.27. The molecule has 6 heteroatoms. The van der Waals surface area contributed by atoms with Gasteiger partial charge in [-0.1, -0.05) is 58.7 Å². The van der Waals surface area contributed by atoms with Crippen LogP contribution in [0.2, 0.25) is 18.1 Å². The first-order valence-electron chi connectivity index (χ1n) is 12.3. The third-order valence-electron chi connectivity index (χ3n) is 8.87. The van der Waals surface area contributed by atoms with Crippen LogP contribution in [-0.2, 0) is 18.7 Å². The summed E-state index contributed by atoms with van der Waals surface area (Å²) in [5.41, 5.74) is 1.23. The van der Waals surface area contributed by atoms with E-state index in [2.05, 4.69) is 47.7 Å². The zero-order valence-corrected chi connectivity index (χ0v) is 23.2. The molecule has 0 N–H and O–H groups in total. The van der Waals surface area contributed by atoms with Crippen molar-refractivity contribution in [2.45, 2.75) is 103 Å². The lowest BCUT2D eigenvalue weighted by atomic mass is 9.62. The molecule has 2 aliphatic carbocycles. The van der Waals surface area contributed by atoms with E-state index < -0.39 is 18.4 Å². The maximum atomic E-state index is 12.7. The van der Waals surface area contributed by atoms with Crippen LogP contribution in [0.1, 0.15) is 72.3 Å². The van der Waals surface area contributed by atoms with Crippen LogP contribution in [-0.4, -0.2) is 29.4 Å². The van der Waals surface area contributed by atoms with Crippen LogP contribution >= 0.6 is 0 Å². The molecule has 2 aliphatic rings. The summed E-state index contributed by atoms with van der Waals surface area (Å²) in [6.07, 6.45) is 6.20. The molecule has 0 radical (unpaired) electrons. The minimum atomic E-state index is -3.72. The largest absolute Gasteiger partial charge is 0.414 e. The topological polar surface area (TPSA) is 52.6 Å². The van der Waals surface area contributed by atoms with Crippen LogP contribution < -0.4 is 0 Å². The lowest BCUT2D eigenvalue weighted by molar-refractivity contribution is -0.0245. The lowest BCUT2D eigenvalue weighted by Gasteiger charge is -2.49. The van der Waals surface area contributed by atoms with Crippen LogP contribution in [0.5, 0.6) is 0 Å². The molecule has 2 fully saturated rings. The van der Waals surface area contributed by atoms with Crippen molar-refractivity contribution in [3.63, 3.8) is 0 Å². The maximum Gasteiger partial charge on any atom is 0.296 e. The van der Waals surface area contributed by atoms with Gasteiger partial charge in [0.05, 0.1) is 11.5 Å². The van der Waals surface area contributed by atoms with Gasteiger partial charge in [0.25, 0.3) is 10.1 Å². The summed E-state index contributed by atoms with van der Waals surface area (Å²) in [6, 6.07) is 6.89. The zero-order valence-electron chi connectivity index (χ0n) is 21.4. The average molecular weight is 481 g/mol. The molecule has 0 unspecified atom stereocenters. The molecule has 0 aromatic heterocycles. The Bertz CT molecular complexity index is 887. The van der Waals surface area contributed by atoms with Crippen molar-refractivity contribution in [3.05, 3.63) is 29.8 Å². The zero-order chi connectivity index (χ0) is 23.9. The third-order valence-corrected chi connectivity index (χ3v) is 14.7. The van der Waals surface area contributed by atoms with Crippen LogP contribution in [0.3, 0.4) is 0 Å². The lowest BCUT2D eigenvalue weighted by Crippen LogP contribution is -2.50. The molecule has 0 saturated heterocycles. The van der Waals surface area contributed by atoms with Crippen molar-refractivity contribution in [1.82, 2.24) is 0 Å².